The lowest BCUT2D eigenvalue weighted by atomic mass is 9.91. The Labute approximate surface area is 130 Å². The first-order chi connectivity index (χ1) is 9.91. The second-order valence-electron chi connectivity index (χ2n) is 5.66. The predicted molar refractivity (Wildman–Crippen MR) is 86.3 cm³/mol. The first-order valence-electron chi connectivity index (χ1n) is 8.35. The third-order valence-electron chi connectivity index (χ3n) is 3.66. The summed E-state index contributed by atoms with van der Waals surface area (Å²) in [7, 11) is 0. The van der Waals surface area contributed by atoms with E-state index < -0.39 is 5.92 Å². The largest absolute Gasteiger partial charge is 0.328 e. The summed E-state index contributed by atoms with van der Waals surface area (Å²) < 4.78 is 24.6. The Morgan fingerprint density at radius 1 is 1.00 bits per heavy atom. The molecule has 21 heavy (non-hydrogen) atoms. The van der Waals surface area contributed by atoms with Gasteiger partial charge in [-0.25, -0.2) is 8.78 Å². The van der Waals surface area contributed by atoms with E-state index in [0.29, 0.717) is 12.8 Å². The minimum atomic E-state index is -2.42. The highest BCUT2D eigenvalue weighted by Crippen LogP contribution is 2.31. The van der Waals surface area contributed by atoms with Crippen LogP contribution in [-0.4, -0.2) is 12.0 Å². The van der Waals surface area contributed by atoms with Crippen molar-refractivity contribution < 1.29 is 8.78 Å². The summed E-state index contributed by atoms with van der Waals surface area (Å²) in [5.41, 5.74) is 5.42. The zero-order valence-electron chi connectivity index (χ0n) is 14.3. The highest BCUT2D eigenvalue weighted by atomic mass is 19.3. The lowest BCUT2D eigenvalue weighted by molar-refractivity contribution is -0.0375. The van der Waals surface area contributed by atoms with Crippen LogP contribution in [0.15, 0.2) is 0 Å². The van der Waals surface area contributed by atoms with Gasteiger partial charge in [-0.2, -0.15) is 5.26 Å². The maximum atomic E-state index is 12.3. The van der Waals surface area contributed by atoms with Gasteiger partial charge in [0.05, 0.1) is 6.07 Å². The number of nitrogens with zero attached hydrogens (tertiary/aromatic N) is 1. The van der Waals surface area contributed by atoms with E-state index in [1.165, 1.54) is 39.0 Å². The zero-order valence-corrected chi connectivity index (χ0v) is 14.3. The molecule has 2 nitrogen and oxygen atoms in total. The topological polar surface area (TPSA) is 49.8 Å². The third-order valence-corrected chi connectivity index (χ3v) is 3.66. The first kappa shape index (κ1) is 22.6. The molecule has 0 bridgehead atoms. The van der Waals surface area contributed by atoms with Crippen molar-refractivity contribution in [1.29, 1.82) is 5.26 Å². The van der Waals surface area contributed by atoms with Crippen molar-refractivity contribution in [3.05, 3.63) is 0 Å². The van der Waals surface area contributed by atoms with Gasteiger partial charge in [0, 0.05) is 25.8 Å². The van der Waals surface area contributed by atoms with Crippen LogP contribution in [0.1, 0.15) is 85.5 Å². The van der Waals surface area contributed by atoms with E-state index >= 15 is 0 Å². The molecule has 0 unspecified atom stereocenters. The maximum absolute atomic E-state index is 12.3. The molecule has 0 heterocycles. The van der Waals surface area contributed by atoms with Crippen molar-refractivity contribution in [3.8, 4) is 6.07 Å². The van der Waals surface area contributed by atoms with Gasteiger partial charge < -0.3 is 5.73 Å². The standard InChI is InChI=1S/C7H14.C6H11F2N.C2H3N.C2H6/c1-7-5-3-2-4-6-7;7-6(8)3-1-5(9)2-4-6;1-2-3;1-2/h7H,2-6H2,1H3;5H,1-4,9H2;1H3;1-2H3. The Bertz CT molecular complexity index is 246. The van der Waals surface area contributed by atoms with E-state index in [4.69, 9.17) is 11.0 Å². The first-order valence-corrected chi connectivity index (χ1v) is 8.35. The van der Waals surface area contributed by atoms with Gasteiger partial charge in [0.25, 0.3) is 0 Å². The van der Waals surface area contributed by atoms with E-state index in [1.807, 2.05) is 13.8 Å². The third kappa shape index (κ3) is 15.5. The lowest BCUT2D eigenvalue weighted by Crippen LogP contribution is -2.32. The normalized spacial score (nSPS) is 21.2. The van der Waals surface area contributed by atoms with Crippen LogP contribution in [0.4, 0.5) is 8.78 Å². The fourth-order valence-corrected chi connectivity index (χ4v) is 2.37. The second kappa shape index (κ2) is 14.3. The molecule has 2 N–H and O–H groups in total. The molecule has 4 heteroatoms. The van der Waals surface area contributed by atoms with Crippen LogP contribution in [0.3, 0.4) is 0 Å². The molecule has 2 aliphatic rings. The number of nitrogens with two attached hydrogens (primary N) is 1. The average molecular weight is 304 g/mol. The molecule has 126 valence electrons. The van der Waals surface area contributed by atoms with Crippen LogP contribution in [0.5, 0.6) is 0 Å². The molecule has 0 aromatic heterocycles. The fourth-order valence-electron chi connectivity index (χ4n) is 2.37. The molecule has 0 aromatic carbocycles. The SMILES string of the molecule is CC.CC#N.CC1CCCCC1.NC1CCC(F)(F)CC1. The summed E-state index contributed by atoms with van der Waals surface area (Å²) in [4.78, 5) is 0. The summed E-state index contributed by atoms with van der Waals surface area (Å²) >= 11 is 0. The second-order valence-corrected chi connectivity index (χ2v) is 5.66. The smallest absolute Gasteiger partial charge is 0.248 e. The summed E-state index contributed by atoms with van der Waals surface area (Å²) in [6, 6.07) is 1.77. The van der Waals surface area contributed by atoms with Crippen molar-refractivity contribution in [2.75, 3.05) is 0 Å². The van der Waals surface area contributed by atoms with Crippen molar-refractivity contribution in [3.63, 3.8) is 0 Å². The Hall–Kier alpha value is -0.690. The van der Waals surface area contributed by atoms with Gasteiger partial charge in [0.1, 0.15) is 0 Å². The summed E-state index contributed by atoms with van der Waals surface area (Å²) in [6.45, 7) is 7.79. The van der Waals surface area contributed by atoms with Crippen molar-refractivity contribution in [1.82, 2.24) is 0 Å². The summed E-state index contributed by atoms with van der Waals surface area (Å²) in [5.74, 6) is -1.38. The number of hydrogen-bond donors (Lipinski definition) is 1. The number of halogens is 2. The van der Waals surface area contributed by atoms with Gasteiger partial charge in [-0.05, 0) is 18.8 Å². The van der Waals surface area contributed by atoms with Gasteiger partial charge in [-0.1, -0.05) is 52.9 Å². The van der Waals surface area contributed by atoms with Crippen LogP contribution < -0.4 is 5.73 Å². The zero-order chi connectivity index (χ0) is 16.7. The molecule has 2 rings (SSSR count). The van der Waals surface area contributed by atoms with Crippen LogP contribution in [0, 0.1) is 17.2 Å². The molecule has 2 saturated carbocycles. The molecule has 0 atom stereocenters. The van der Waals surface area contributed by atoms with Gasteiger partial charge in [-0.3, -0.25) is 0 Å². The van der Waals surface area contributed by atoms with E-state index in [2.05, 4.69) is 6.92 Å². The van der Waals surface area contributed by atoms with Gasteiger partial charge in [0.2, 0.25) is 5.92 Å². The fraction of sp³-hybridized carbons (Fsp3) is 0.941. The monoisotopic (exact) mass is 304 g/mol. The predicted octanol–water partition coefficient (Wildman–Crippen LogP) is 5.67. The van der Waals surface area contributed by atoms with Gasteiger partial charge in [0.15, 0.2) is 0 Å². The number of alkyl halides is 2. The number of rotatable bonds is 0. The number of hydrogen-bond acceptors (Lipinski definition) is 2. The molecule has 0 amide bonds. The van der Waals surface area contributed by atoms with Crippen LogP contribution >= 0.6 is 0 Å². The summed E-state index contributed by atoms with van der Waals surface area (Å²) in [6.07, 6.45) is 8.36. The van der Waals surface area contributed by atoms with Gasteiger partial charge >= 0.3 is 0 Å². The summed E-state index contributed by atoms with van der Waals surface area (Å²) in [5, 5.41) is 7.32. The van der Waals surface area contributed by atoms with E-state index in [9.17, 15) is 8.78 Å². The van der Waals surface area contributed by atoms with Crippen molar-refractivity contribution in [2.24, 2.45) is 11.7 Å². The van der Waals surface area contributed by atoms with E-state index in [1.54, 1.807) is 6.07 Å². The molecule has 2 fully saturated rings. The number of nitriles is 1. The van der Waals surface area contributed by atoms with E-state index in [0.717, 1.165) is 5.92 Å². The molecule has 0 saturated heterocycles. The van der Waals surface area contributed by atoms with E-state index in [-0.39, 0.29) is 18.9 Å². The molecular weight excluding hydrogens is 270 g/mol. The Balaban J connectivity index is 0. The van der Waals surface area contributed by atoms with Crippen molar-refractivity contribution in [2.45, 2.75) is 97.4 Å². The van der Waals surface area contributed by atoms with Crippen LogP contribution in [0.2, 0.25) is 0 Å². The van der Waals surface area contributed by atoms with Crippen molar-refractivity contribution >= 4 is 0 Å². The van der Waals surface area contributed by atoms with Crippen LogP contribution in [0.25, 0.3) is 0 Å². The molecule has 0 aliphatic heterocycles. The quantitative estimate of drug-likeness (QED) is 0.627. The molecule has 2 aliphatic carbocycles. The van der Waals surface area contributed by atoms with Crippen LogP contribution in [-0.2, 0) is 0 Å². The molecule has 0 spiro atoms. The molecule has 0 aromatic rings. The lowest BCUT2D eigenvalue weighted by Gasteiger charge is -2.25. The maximum Gasteiger partial charge on any atom is 0.248 e. The van der Waals surface area contributed by atoms with Gasteiger partial charge in [-0.15, -0.1) is 0 Å². The Morgan fingerprint density at radius 3 is 1.62 bits per heavy atom. The Kier molecular flexibility index (Phi) is 15.3. The highest BCUT2D eigenvalue weighted by molar-refractivity contribution is 4.78. The average Bonchev–Trinajstić information content (AvgIpc) is 2.47. The minimum Gasteiger partial charge on any atom is -0.328 e. The highest BCUT2D eigenvalue weighted by Gasteiger charge is 2.33. The minimum absolute atomic E-state index is 0.0182. The molecular formula is C17H34F2N2. The Morgan fingerprint density at radius 2 is 1.38 bits per heavy atom. The molecule has 0 radical (unpaired) electrons.